The highest BCUT2D eigenvalue weighted by Crippen LogP contribution is 2.34. The van der Waals surface area contributed by atoms with Crippen molar-refractivity contribution in [1.29, 1.82) is 0 Å². The van der Waals surface area contributed by atoms with E-state index in [0.29, 0.717) is 15.6 Å². The second-order valence-electron chi connectivity index (χ2n) is 5.65. The summed E-state index contributed by atoms with van der Waals surface area (Å²) in [6, 6.07) is 11.0. The van der Waals surface area contributed by atoms with E-state index >= 15 is 0 Å². The van der Waals surface area contributed by atoms with Crippen molar-refractivity contribution in [2.24, 2.45) is 0 Å². The second-order valence-corrected chi connectivity index (χ2v) is 7.17. The summed E-state index contributed by atoms with van der Waals surface area (Å²) in [6.45, 7) is 0. The van der Waals surface area contributed by atoms with Crippen LogP contribution in [0.4, 0.5) is 5.82 Å². The van der Waals surface area contributed by atoms with E-state index in [2.05, 4.69) is 9.97 Å². The fraction of sp³-hybridized carbons (Fsp3) is 0.167. The summed E-state index contributed by atoms with van der Waals surface area (Å²) in [6.07, 6.45) is 1.56. The molecule has 0 radical (unpaired) electrons. The van der Waals surface area contributed by atoms with E-state index in [-0.39, 0.29) is 6.42 Å². The highest BCUT2D eigenvalue weighted by atomic mass is 35.5. The molecule has 0 bridgehead atoms. The van der Waals surface area contributed by atoms with Gasteiger partial charge in [-0.3, -0.25) is 0 Å². The van der Waals surface area contributed by atoms with Gasteiger partial charge in [-0.1, -0.05) is 23.7 Å². The first kappa shape index (κ1) is 17.4. The van der Waals surface area contributed by atoms with Gasteiger partial charge in [0.1, 0.15) is 10.8 Å². The summed E-state index contributed by atoms with van der Waals surface area (Å²) < 4.78 is 0. The van der Waals surface area contributed by atoms with Crippen molar-refractivity contribution in [2.75, 3.05) is 19.0 Å². The van der Waals surface area contributed by atoms with Crippen LogP contribution < -0.4 is 10.0 Å². The Morgan fingerprint density at radius 2 is 1.84 bits per heavy atom. The highest BCUT2D eigenvalue weighted by Gasteiger charge is 2.15. The van der Waals surface area contributed by atoms with E-state index in [0.717, 1.165) is 22.0 Å². The molecule has 0 N–H and O–H groups in total. The van der Waals surface area contributed by atoms with Crippen molar-refractivity contribution < 1.29 is 9.90 Å². The van der Waals surface area contributed by atoms with Gasteiger partial charge in [-0.15, -0.1) is 11.3 Å². The van der Waals surface area contributed by atoms with E-state index in [4.69, 9.17) is 11.6 Å². The zero-order valence-electron chi connectivity index (χ0n) is 13.7. The standard InChI is InChI=1S/C18H16ClN3O2S/c1-22(2)15-8-5-12(10-20-15)18-21-17(14(25-18)9-16(23)24)11-3-6-13(19)7-4-11/h3-8,10H,9H2,1-2H3,(H,23,24)/p-1. The summed E-state index contributed by atoms with van der Waals surface area (Å²) >= 11 is 7.27. The van der Waals surface area contributed by atoms with Gasteiger partial charge in [-0.05, 0) is 24.3 Å². The molecule has 0 aliphatic rings. The summed E-state index contributed by atoms with van der Waals surface area (Å²) in [5, 5.41) is 12.4. The largest absolute Gasteiger partial charge is 0.550 e. The van der Waals surface area contributed by atoms with Gasteiger partial charge >= 0.3 is 0 Å². The quantitative estimate of drug-likeness (QED) is 0.688. The first-order valence-electron chi connectivity index (χ1n) is 7.53. The van der Waals surface area contributed by atoms with E-state index in [1.165, 1.54) is 11.3 Å². The topological polar surface area (TPSA) is 69.2 Å². The number of carbonyl (C=O) groups is 1. The number of nitrogens with zero attached hydrogens (tertiary/aromatic N) is 3. The van der Waals surface area contributed by atoms with Gasteiger partial charge in [0.05, 0.1) is 5.69 Å². The lowest BCUT2D eigenvalue weighted by Crippen LogP contribution is -2.24. The Morgan fingerprint density at radius 3 is 2.40 bits per heavy atom. The van der Waals surface area contributed by atoms with Crippen LogP contribution in [-0.2, 0) is 11.2 Å². The molecule has 5 nitrogen and oxygen atoms in total. The molecule has 128 valence electrons. The smallest absolute Gasteiger partial charge is 0.127 e. The molecule has 0 saturated carbocycles. The Morgan fingerprint density at radius 1 is 1.16 bits per heavy atom. The molecule has 7 heteroatoms. The predicted molar refractivity (Wildman–Crippen MR) is 98.8 cm³/mol. The lowest BCUT2D eigenvalue weighted by atomic mass is 10.1. The average Bonchev–Trinajstić information content (AvgIpc) is 2.98. The fourth-order valence-corrected chi connectivity index (χ4v) is 3.52. The minimum Gasteiger partial charge on any atom is -0.550 e. The number of aliphatic carboxylic acids is 1. The molecule has 1 aromatic carbocycles. The van der Waals surface area contributed by atoms with Crippen LogP contribution in [0, 0.1) is 0 Å². The molecule has 0 fully saturated rings. The van der Waals surface area contributed by atoms with Crippen LogP contribution in [0.3, 0.4) is 0 Å². The van der Waals surface area contributed by atoms with Crippen molar-refractivity contribution in [3.63, 3.8) is 0 Å². The lowest BCUT2D eigenvalue weighted by Gasteiger charge is -2.10. The average molecular weight is 373 g/mol. The molecule has 0 spiro atoms. The monoisotopic (exact) mass is 372 g/mol. The number of hydrogen-bond donors (Lipinski definition) is 0. The van der Waals surface area contributed by atoms with Gasteiger partial charge in [0.2, 0.25) is 0 Å². The Kier molecular flexibility index (Phi) is 5.01. The molecule has 0 amide bonds. The van der Waals surface area contributed by atoms with E-state index < -0.39 is 5.97 Å². The van der Waals surface area contributed by atoms with Crippen LogP contribution in [-0.4, -0.2) is 30.0 Å². The molecular formula is C18H15ClN3O2S-. The molecule has 3 rings (SSSR count). The number of hydrogen-bond acceptors (Lipinski definition) is 6. The molecule has 0 saturated heterocycles. The second kappa shape index (κ2) is 7.21. The number of pyridine rings is 1. The third-order valence-electron chi connectivity index (χ3n) is 3.57. The van der Waals surface area contributed by atoms with Gasteiger partial charge in [-0.25, -0.2) is 9.97 Å². The molecular weight excluding hydrogens is 358 g/mol. The van der Waals surface area contributed by atoms with Gasteiger partial charge in [-0.2, -0.15) is 0 Å². The van der Waals surface area contributed by atoms with Gasteiger partial charge < -0.3 is 14.8 Å². The molecule has 25 heavy (non-hydrogen) atoms. The zero-order valence-corrected chi connectivity index (χ0v) is 15.3. The minimum atomic E-state index is -1.13. The Hall–Kier alpha value is -2.44. The Bertz CT molecular complexity index is 890. The Labute approximate surface area is 154 Å². The molecule has 0 aliphatic carbocycles. The van der Waals surface area contributed by atoms with Crippen molar-refractivity contribution in [1.82, 2.24) is 9.97 Å². The maximum Gasteiger partial charge on any atom is 0.127 e. The molecule has 0 aliphatic heterocycles. The number of carboxylic acids is 1. The third kappa shape index (κ3) is 3.97. The maximum absolute atomic E-state index is 11.1. The first-order chi connectivity index (χ1) is 11.9. The number of aromatic nitrogens is 2. The summed E-state index contributed by atoms with van der Waals surface area (Å²) in [5.41, 5.74) is 2.30. The van der Waals surface area contributed by atoms with Crippen molar-refractivity contribution >= 4 is 34.7 Å². The first-order valence-corrected chi connectivity index (χ1v) is 8.72. The van der Waals surface area contributed by atoms with Crippen LogP contribution in [0.5, 0.6) is 0 Å². The van der Waals surface area contributed by atoms with Crippen molar-refractivity contribution in [3.05, 3.63) is 52.5 Å². The number of rotatable bonds is 5. The number of carbonyl (C=O) groups excluding carboxylic acids is 1. The fourth-order valence-electron chi connectivity index (χ4n) is 2.34. The summed E-state index contributed by atoms with van der Waals surface area (Å²) in [5.74, 6) is -0.292. The van der Waals surface area contributed by atoms with Crippen LogP contribution in [0.2, 0.25) is 5.02 Å². The van der Waals surface area contributed by atoms with E-state index in [9.17, 15) is 9.90 Å². The molecule has 2 aromatic heterocycles. The number of anilines is 1. The Balaban J connectivity index is 2.03. The number of carboxylic acid groups (broad SMARTS) is 1. The lowest BCUT2D eigenvalue weighted by molar-refractivity contribution is -0.304. The van der Waals surface area contributed by atoms with Gasteiger partial charge in [0, 0.05) is 53.7 Å². The summed E-state index contributed by atoms with van der Waals surface area (Å²) in [4.78, 5) is 22.7. The van der Waals surface area contributed by atoms with Crippen molar-refractivity contribution in [2.45, 2.75) is 6.42 Å². The highest BCUT2D eigenvalue weighted by molar-refractivity contribution is 7.15. The van der Waals surface area contributed by atoms with Gasteiger partial charge in [0.25, 0.3) is 0 Å². The van der Waals surface area contributed by atoms with E-state index in [1.807, 2.05) is 43.3 Å². The number of thiazole rings is 1. The van der Waals surface area contributed by atoms with Crippen LogP contribution >= 0.6 is 22.9 Å². The van der Waals surface area contributed by atoms with Crippen LogP contribution in [0.25, 0.3) is 21.8 Å². The number of benzene rings is 1. The normalized spacial score (nSPS) is 10.7. The maximum atomic E-state index is 11.1. The third-order valence-corrected chi connectivity index (χ3v) is 4.93. The zero-order chi connectivity index (χ0) is 18.0. The van der Waals surface area contributed by atoms with Gasteiger partial charge in [0.15, 0.2) is 0 Å². The van der Waals surface area contributed by atoms with Crippen LogP contribution in [0.1, 0.15) is 4.88 Å². The summed E-state index contributed by atoms with van der Waals surface area (Å²) in [7, 11) is 3.84. The van der Waals surface area contributed by atoms with Crippen LogP contribution in [0.15, 0.2) is 42.6 Å². The predicted octanol–water partition coefficient (Wildman–Crippen LogP) is 2.88. The van der Waals surface area contributed by atoms with Crippen molar-refractivity contribution in [3.8, 4) is 21.8 Å². The van der Waals surface area contributed by atoms with E-state index in [1.54, 1.807) is 18.3 Å². The number of halogens is 1. The SMILES string of the molecule is CN(C)c1ccc(-c2nc(-c3ccc(Cl)cc3)c(CC(=O)[O-])s2)cn1. The molecule has 0 atom stereocenters. The molecule has 2 heterocycles. The minimum absolute atomic E-state index is 0.182. The molecule has 3 aromatic rings. The molecule has 0 unspecified atom stereocenters.